The number of aromatic nitrogens is 1. The lowest BCUT2D eigenvalue weighted by molar-refractivity contribution is -0.139. The molecule has 0 aliphatic rings. The Hall–Kier alpha value is -2.03. The largest absolute Gasteiger partial charge is 0.480 e. The van der Waals surface area contributed by atoms with Crippen LogP contribution >= 0.6 is 23.2 Å². The van der Waals surface area contributed by atoms with Gasteiger partial charge in [0, 0.05) is 35.2 Å². The number of rotatable bonds is 10. The first-order chi connectivity index (χ1) is 14.4. The van der Waals surface area contributed by atoms with Gasteiger partial charge in [0.2, 0.25) is 0 Å². The van der Waals surface area contributed by atoms with Crippen LogP contribution in [0.25, 0.3) is 0 Å². The quantitative estimate of drug-likeness (QED) is 0.459. The first kappa shape index (κ1) is 25.2. The molecule has 10 heteroatoms. The minimum absolute atomic E-state index is 0.0475. The smallest absolute Gasteiger partial charge is 0.456 e. The van der Waals surface area contributed by atoms with Crippen molar-refractivity contribution in [3.05, 3.63) is 57.3 Å². The van der Waals surface area contributed by atoms with Crippen LogP contribution in [0.3, 0.4) is 0 Å². The topological polar surface area (TPSA) is 71.3 Å². The van der Waals surface area contributed by atoms with Crippen LogP contribution in [0.15, 0.2) is 30.3 Å². The number of carbonyl (C=O) groups is 2. The van der Waals surface area contributed by atoms with Crippen molar-refractivity contribution in [2.24, 2.45) is 5.92 Å². The fourth-order valence-corrected chi connectivity index (χ4v) is 3.83. The fourth-order valence-electron chi connectivity index (χ4n) is 3.26. The molecule has 1 aromatic heterocycles. The SMILES string of the molecule is CC(C)C[C@H](NCCc1ccc(C(=O)C(F)(F)F)n1Cc1cc(Cl)cc(Cl)c1)C(=O)O. The highest BCUT2D eigenvalue weighted by molar-refractivity contribution is 6.34. The lowest BCUT2D eigenvalue weighted by Crippen LogP contribution is -2.39. The molecule has 31 heavy (non-hydrogen) atoms. The van der Waals surface area contributed by atoms with Crippen molar-refractivity contribution in [2.45, 2.75) is 45.5 Å². The van der Waals surface area contributed by atoms with Gasteiger partial charge in [-0.25, -0.2) is 0 Å². The fraction of sp³-hybridized carbons (Fsp3) is 0.429. The van der Waals surface area contributed by atoms with Crippen LogP contribution in [0.5, 0.6) is 0 Å². The number of nitrogens with one attached hydrogen (secondary N) is 1. The predicted molar refractivity (Wildman–Crippen MR) is 113 cm³/mol. The van der Waals surface area contributed by atoms with Crippen molar-refractivity contribution in [3.8, 4) is 0 Å². The highest BCUT2D eigenvalue weighted by Crippen LogP contribution is 2.26. The van der Waals surface area contributed by atoms with Crippen LogP contribution in [0.4, 0.5) is 13.2 Å². The third-order valence-electron chi connectivity index (χ3n) is 4.60. The van der Waals surface area contributed by atoms with E-state index in [1.54, 1.807) is 12.1 Å². The molecule has 170 valence electrons. The summed E-state index contributed by atoms with van der Waals surface area (Å²) in [4.78, 5) is 23.3. The van der Waals surface area contributed by atoms with Gasteiger partial charge in [-0.15, -0.1) is 0 Å². The standard InChI is InChI=1S/C21H23Cl2F3N2O3/c1-12(2)7-17(20(30)31)27-6-5-16-3-4-18(19(29)21(24,25)26)28(16)11-13-8-14(22)10-15(23)9-13/h3-4,8-10,12,17,27H,5-7,11H2,1-2H3,(H,30,31)/t17-/m0/s1. The van der Waals surface area contributed by atoms with Gasteiger partial charge in [0.1, 0.15) is 6.04 Å². The second-order valence-electron chi connectivity index (χ2n) is 7.63. The predicted octanol–water partition coefficient (Wildman–Crippen LogP) is 5.22. The Labute approximate surface area is 188 Å². The van der Waals surface area contributed by atoms with Crippen molar-refractivity contribution in [1.29, 1.82) is 0 Å². The summed E-state index contributed by atoms with van der Waals surface area (Å²) >= 11 is 12.0. The molecule has 2 N–H and O–H groups in total. The molecule has 0 spiro atoms. The van der Waals surface area contributed by atoms with Gasteiger partial charge in [-0.3, -0.25) is 9.59 Å². The molecule has 1 aromatic carbocycles. The maximum Gasteiger partial charge on any atom is 0.456 e. The molecule has 1 heterocycles. The number of nitrogens with zero attached hydrogens (tertiary/aromatic N) is 1. The Bertz CT molecular complexity index is 922. The number of carbonyl (C=O) groups excluding carboxylic acids is 1. The van der Waals surface area contributed by atoms with Gasteiger partial charge in [0.25, 0.3) is 5.78 Å². The Morgan fingerprint density at radius 1 is 1.13 bits per heavy atom. The summed E-state index contributed by atoms with van der Waals surface area (Å²) in [6.07, 6.45) is -4.39. The number of aliphatic carboxylic acids is 1. The molecule has 0 aliphatic carbocycles. The molecule has 0 bridgehead atoms. The van der Waals surface area contributed by atoms with Crippen LogP contribution in [0, 0.1) is 5.92 Å². The first-order valence-corrected chi connectivity index (χ1v) is 10.3. The summed E-state index contributed by atoms with van der Waals surface area (Å²) in [6.45, 7) is 3.96. The average Bonchev–Trinajstić information content (AvgIpc) is 3.00. The van der Waals surface area contributed by atoms with Crippen molar-refractivity contribution in [3.63, 3.8) is 0 Å². The summed E-state index contributed by atoms with van der Waals surface area (Å²) in [5.74, 6) is -2.80. The number of carboxylic acid groups (broad SMARTS) is 1. The van der Waals surface area contributed by atoms with Crippen LogP contribution in [-0.4, -0.2) is 40.2 Å². The number of hydrogen-bond donors (Lipinski definition) is 2. The van der Waals surface area contributed by atoms with Crippen molar-refractivity contribution in [1.82, 2.24) is 9.88 Å². The number of hydrogen-bond acceptors (Lipinski definition) is 3. The molecular weight excluding hydrogens is 456 g/mol. The van der Waals surface area contributed by atoms with Gasteiger partial charge in [0.15, 0.2) is 0 Å². The van der Waals surface area contributed by atoms with Crippen molar-refractivity contribution >= 4 is 35.0 Å². The monoisotopic (exact) mass is 478 g/mol. The molecule has 0 saturated heterocycles. The third-order valence-corrected chi connectivity index (χ3v) is 5.04. The number of carboxylic acids is 1. The molecule has 2 aromatic rings. The van der Waals surface area contributed by atoms with E-state index in [4.69, 9.17) is 23.2 Å². The third kappa shape index (κ3) is 7.26. The van der Waals surface area contributed by atoms with Crippen LogP contribution in [-0.2, 0) is 17.8 Å². The number of ketones is 1. The summed E-state index contributed by atoms with van der Waals surface area (Å²) in [5.41, 5.74) is 0.475. The number of halogens is 5. The second kappa shape index (κ2) is 10.5. The van der Waals surface area contributed by atoms with E-state index in [-0.39, 0.29) is 25.4 Å². The number of Topliss-reactive ketones (excluding diaryl/α,β-unsaturated/α-hetero) is 1. The number of alkyl halides is 3. The van der Waals surface area contributed by atoms with E-state index < -0.39 is 29.7 Å². The maximum absolute atomic E-state index is 13.1. The molecule has 0 fully saturated rings. The lowest BCUT2D eigenvalue weighted by atomic mass is 10.0. The van der Waals surface area contributed by atoms with E-state index in [9.17, 15) is 27.9 Å². The van der Waals surface area contributed by atoms with Gasteiger partial charge in [0.05, 0.1) is 5.69 Å². The van der Waals surface area contributed by atoms with E-state index in [0.717, 1.165) is 6.07 Å². The van der Waals surface area contributed by atoms with Gasteiger partial charge < -0.3 is 15.0 Å². The van der Waals surface area contributed by atoms with Crippen LogP contribution < -0.4 is 5.32 Å². The molecule has 0 amide bonds. The van der Waals surface area contributed by atoms with E-state index in [1.165, 1.54) is 16.7 Å². The van der Waals surface area contributed by atoms with Crippen molar-refractivity contribution in [2.75, 3.05) is 6.54 Å². The average molecular weight is 479 g/mol. The zero-order chi connectivity index (χ0) is 23.3. The molecule has 5 nitrogen and oxygen atoms in total. The lowest BCUT2D eigenvalue weighted by Gasteiger charge is -2.18. The second-order valence-corrected chi connectivity index (χ2v) is 8.50. The minimum atomic E-state index is -5.02. The van der Waals surface area contributed by atoms with Gasteiger partial charge >= 0.3 is 12.1 Å². The van der Waals surface area contributed by atoms with E-state index >= 15 is 0 Å². The molecular formula is C21H23Cl2F3N2O3. The van der Waals surface area contributed by atoms with E-state index in [1.807, 2.05) is 13.8 Å². The Morgan fingerprint density at radius 2 is 1.74 bits per heavy atom. The van der Waals surface area contributed by atoms with Gasteiger partial charge in [-0.1, -0.05) is 37.0 Å². The molecule has 1 atom stereocenters. The van der Waals surface area contributed by atoms with Gasteiger partial charge in [-0.2, -0.15) is 13.2 Å². The molecule has 2 rings (SSSR count). The molecule has 0 saturated carbocycles. The zero-order valence-electron chi connectivity index (χ0n) is 17.0. The normalized spacial score (nSPS) is 12.9. The summed E-state index contributed by atoms with van der Waals surface area (Å²) in [7, 11) is 0. The Balaban J connectivity index is 2.29. The zero-order valence-corrected chi connectivity index (χ0v) is 18.5. The molecule has 0 radical (unpaired) electrons. The van der Waals surface area contributed by atoms with Gasteiger partial charge in [-0.05, 0) is 48.2 Å². The Kier molecular flexibility index (Phi) is 8.57. The maximum atomic E-state index is 13.1. The van der Waals surface area contributed by atoms with Crippen LogP contribution in [0.2, 0.25) is 10.0 Å². The van der Waals surface area contributed by atoms with Crippen molar-refractivity contribution < 1.29 is 27.9 Å². The van der Waals surface area contributed by atoms with E-state index in [0.29, 0.717) is 27.7 Å². The number of benzene rings is 1. The first-order valence-electron chi connectivity index (χ1n) is 9.59. The van der Waals surface area contributed by atoms with Crippen LogP contribution in [0.1, 0.15) is 42.0 Å². The van der Waals surface area contributed by atoms with E-state index in [2.05, 4.69) is 5.32 Å². The highest BCUT2D eigenvalue weighted by atomic mass is 35.5. The minimum Gasteiger partial charge on any atom is -0.480 e. The summed E-state index contributed by atoms with van der Waals surface area (Å²) in [5, 5.41) is 12.9. The molecule has 0 aliphatic heterocycles. The highest BCUT2D eigenvalue weighted by Gasteiger charge is 2.41. The molecule has 0 unspecified atom stereocenters. The summed E-state index contributed by atoms with van der Waals surface area (Å²) in [6, 6.07) is 6.40. The summed E-state index contributed by atoms with van der Waals surface area (Å²) < 4.78 is 40.5. The Morgan fingerprint density at radius 3 is 2.26 bits per heavy atom.